The molecule has 9 nitrogen and oxygen atoms in total. The van der Waals surface area contributed by atoms with Gasteiger partial charge in [-0.05, 0) is 26.0 Å². The molecule has 3 aliphatic heterocycles. The van der Waals surface area contributed by atoms with Crippen LogP contribution in [0.2, 0.25) is 0 Å². The van der Waals surface area contributed by atoms with Gasteiger partial charge < -0.3 is 24.0 Å². The Morgan fingerprint density at radius 1 is 1.15 bits per heavy atom. The Kier molecular flexibility index (Phi) is 6.24. The van der Waals surface area contributed by atoms with Gasteiger partial charge in [0.15, 0.2) is 6.10 Å². The number of hydrogen-bond acceptors (Lipinski definition) is 8. The van der Waals surface area contributed by atoms with Crippen molar-refractivity contribution in [2.24, 2.45) is 4.99 Å². The minimum atomic E-state index is -0.480. The molecule has 5 heterocycles. The summed E-state index contributed by atoms with van der Waals surface area (Å²) in [6.07, 6.45) is 3.25. The van der Waals surface area contributed by atoms with E-state index in [0.717, 1.165) is 41.3 Å². The molecule has 2 fully saturated rings. The Morgan fingerprint density at radius 2 is 2.00 bits per heavy atom. The first-order valence-electron chi connectivity index (χ1n) is 11.5. The molecule has 9 heteroatoms. The maximum absolute atomic E-state index is 12.7. The van der Waals surface area contributed by atoms with E-state index in [1.165, 1.54) is 0 Å². The van der Waals surface area contributed by atoms with Crippen molar-refractivity contribution in [2.45, 2.75) is 32.6 Å². The van der Waals surface area contributed by atoms with Crippen molar-refractivity contribution < 1.29 is 19.0 Å². The molecule has 0 bridgehead atoms. The predicted octanol–water partition coefficient (Wildman–Crippen LogP) is 1.68. The summed E-state index contributed by atoms with van der Waals surface area (Å²) in [7, 11) is 0. The summed E-state index contributed by atoms with van der Waals surface area (Å²) in [5.74, 6) is 1.52. The Bertz CT molecular complexity index is 1040. The average Bonchev–Trinajstić information content (AvgIpc) is 3.27. The van der Waals surface area contributed by atoms with E-state index in [2.05, 4.69) is 20.9 Å². The van der Waals surface area contributed by atoms with Gasteiger partial charge in [-0.25, -0.2) is 9.97 Å². The van der Waals surface area contributed by atoms with Gasteiger partial charge in [0.2, 0.25) is 5.88 Å². The normalized spacial score (nSPS) is 20.6. The van der Waals surface area contributed by atoms with Crippen LogP contribution in [0.1, 0.15) is 30.5 Å². The number of piperazine rings is 1. The van der Waals surface area contributed by atoms with Gasteiger partial charge in [0, 0.05) is 61.3 Å². The van der Waals surface area contributed by atoms with Crippen LogP contribution in [0.15, 0.2) is 35.6 Å². The lowest BCUT2D eigenvalue weighted by Gasteiger charge is -2.37. The van der Waals surface area contributed by atoms with Gasteiger partial charge in [-0.2, -0.15) is 0 Å². The molecule has 0 aliphatic carbocycles. The zero-order chi connectivity index (χ0) is 22.8. The number of ether oxygens (including phenoxy) is 3. The molecule has 1 atom stereocenters. The summed E-state index contributed by atoms with van der Waals surface area (Å²) in [6.45, 7) is 8.66. The number of amides is 1. The number of anilines is 1. The summed E-state index contributed by atoms with van der Waals surface area (Å²) >= 11 is 0. The molecule has 0 aromatic carbocycles. The van der Waals surface area contributed by atoms with Crippen LogP contribution >= 0.6 is 0 Å². The van der Waals surface area contributed by atoms with Crippen molar-refractivity contribution in [1.29, 1.82) is 0 Å². The van der Waals surface area contributed by atoms with E-state index < -0.39 is 6.10 Å². The van der Waals surface area contributed by atoms with Crippen molar-refractivity contribution in [3.05, 3.63) is 47.3 Å². The number of aromatic nitrogens is 2. The first kappa shape index (κ1) is 21.8. The third kappa shape index (κ3) is 4.69. The van der Waals surface area contributed by atoms with Gasteiger partial charge >= 0.3 is 0 Å². The Balaban J connectivity index is 1.27. The topological polar surface area (TPSA) is 89.4 Å². The van der Waals surface area contributed by atoms with Gasteiger partial charge in [-0.3, -0.25) is 9.79 Å². The lowest BCUT2D eigenvalue weighted by atomic mass is 10.0. The fraction of sp³-hybridized carbons (Fsp3) is 0.500. The molecule has 2 saturated heterocycles. The Morgan fingerprint density at radius 3 is 2.76 bits per heavy atom. The van der Waals surface area contributed by atoms with Crippen molar-refractivity contribution in [3.63, 3.8) is 0 Å². The number of hydrogen-bond donors (Lipinski definition) is 0. The van der Waals surface area contributed by atoms with Gasteiger partial charge in [-0.1, -0.05) is 0 Å². The summed E-state index contributed by atoms with van der Waals surface area (Å²) in [4.78, 5) is 30.5. The monoisotopic (exact) mass is 451 g/mol. The second kappa shape index (κ2) is 9.44. The highest BCUT2D eigenvalue weighted by Crippen LogP contribution is 2.27. The van der Waals surface area contributed by atoms with Crippen LogP contribution in [-0.2, 0) is 20.8 Å². The lowest BCUT2D eigenvalue weighted by molar-refractivity contribution is -0.158. The van der Waals surface area contributed by atoms with Crippen LogP contribution < -0.4 is 9.64 Å². The molecule has 5 rings (SSSR count). The highest BCUT2D eigenvalue weighted by Gasteiger charge is 2.30. The summed E-state index contributed by atoms with van der Waals surface area (Å²) < 4.78 is 16.7. The molecule has 0 spiro atoms. The number of pyridine rings is 2. The van der Waals surface area contributed by atoms with E-state index in [1.54, 1.807) is 0 Å². The van der Waals surface area contributed by atoms with Crippen LogP contribution in [0.4, 0.5) is 5.82 Å². The van der Waals surface area contributed by atoms with Crippen molar-refractivity contribution in [3.8, 4) is 5.88 Å². The Hall–Kier alpha value is -3.04. The number of fused-ring (bicyclic) bond motifs is 1. The standard InChI is InChI=1S/C24H29N5O4/c1-16(2)33-22-12-19-18(13-26-22)14-27-23(19)17-3-4-25-21(11-17)28-5-7-29(8-6-28)24(30)20-15-31-9-10-32-20/h3-4,11-13,16,20H,5-10,14-15H2,1-2H3. The van der Waals surface area contributed by atoms with E-state index in [-0.39, 0.29) is 12.0 Å². The first-order chi connectivity index (χ1) is 16.1. The van der Waals surface area contributed by atoms with Gasteiger partial charge in [-0.15, -0.1) is 0 Å². The quantitative estimate of drug-likeness (QED) is 0.683. The number of carbonyl (C=O) groups excluding carboxylic acids is 1. The second-order valence-electron chi connectivity index (χ2n) is 8.66. The molecule has 174 valence electrons. The highest BCUT2D eigenvalue weighted by atomic mass is 16.6. The molecular weight excluding hydrogens is 422 g/mol. The van der Waals surface area contributed by atoms with E-state index >= 15 is 0 Å². The molecule has 2 aromatic heterocycles. The molecule has 2 aromatic rings. The zero-order valence-corrected chi connectivity index (χ0v) is 19.1. The minimum absolute atomic E-state index is 0.0148. The van der Waals surface area contributed by atoms with Crippen LogP contribution in [-0.4, -0.2) is 84.7 Å². The highest BCUT2D eigenvalue weighted by molar-refractivity contribution is 6.15. The SMILES string of the molecule is CC(C)Oc1cc2c(cn1)CN=C2c1ccnc(N2CCN(C(=O)C3COCCO3)CC2)c1. The number of nitrogens with zero attached hydrogens (tertiary/aromatic N) is 5. The largest absolute Gasteiger partial charge is 0.475 e. The average molecular weight is 452 g/mol. The number of aliphatic imine (C=N–C) groups is 1. The van der Waals surface area contributed by atoms with Gasteiger partial charge in [0.1, 0.15) is 5.82 Å². The smallest absolute Gasteiger partial charge is 0.254 e. The lowest BCUT2D eigenvalue weighted by Crippen LogP contribution is -2.53. The summed E-state index contributed by atoms with van der Waals surface area (Å²) in [6, 6.07) is 6.04. The van der Waals surface area contributed by atoms with Crippen molar-refractivity contribution in [2.75, 3.05) is 50.9 Å². The van der Waals surface area contributed by atoms with Crippen LogP contribution in [0.5, 0.6) is 5.88 Å². The molecule has 1 amide bonds. The fourth-order valence-corrected chi connectivity index (χ4v) is 4.34. The molecule has 3 aliphatic rings. The van der Waals surface area contributed by atoms with Crippen molar-refractivity contribution >= 4 is 17.4 Å². The molecule has 0 radical (unpaired) electrons. The van der Waals surface area contributed by atoms with Crippen LogP contribution in [0, 0.1) is 0 Å². The van der Waals surface area contributed by atoms with Crippen LogP contribution in [0.25, 0.3) is 0 Å². The third-order valence-corrected chi connectivity index (χ3v) is 6.01. The van der Waals surface area contributed by atoms with E-state index in [0.29, 0.717) is 45.3 Å². The van der Waals surface area contributed by atoms with E-state index in [1.807, 2.05) is 43.3 Å². The molecule has 33 heavy (non-hydrogen) atoms. The number of carbonyl (C=O) groups is 1. The minimum Gasteiger partial charge on any atom is -0.475 e. The maximum atomic E-state index is 12.7. The van der Waals surface area contributed by atoms with E-state index in [9.17, 15) is 4.79 Å². The van der Waals surface area contributed by atoms with Crippen molar-refractivity contribution in [1.82, 2.24) is 14.9 Å². The van der Waals surface area contributed by atoms with Gasteiger partial charge in [0.25, 0.3) is 5.91 Å². The molecular formula is C24H29N5O4. The fourth-order valence-electron chi connectivity index (χ4n) is 4.34. The second-order valence-corrected chi connectivity index (χ2v) is 8.66. The maximum Gasteiger partial charge on any atom is 0.254 e. The molecule has 1 unspecified atom stereocenters. The van der Waals surface area contributed by atoms with Crippen LogP contribution in [0.3, 0.4) is 0 Å². The molecule has 0 saturated carbocycles. The zero-order valence-electron chi connectivity index (χ0n) is 19.1. The van der Waals surface area contributed by atoms with Gasteiger partial charge in [0.05, 0.1) is 38.2 Å². The predicted molar refractivity (Wildman–Crippen MR) is 123 cm³/mol. The number of rotatable bonds is 5. The first-order valence-corrected chi connectivity index (χ1v) is 11.5. The summed E-state index contributed by atoms with van der Waals surface area (Å²) in [5.41, 5.74) is 4.11. The summed E-state index contributed by atoms with van der Waals surface area (Å²) in [5, 5.41) is 0. The molecule has 0 N–H and O–H groups in total. The van der Waals surface area contributed by atoms with E-state index in [4.69, 9.17) is 19.2 Å². The Labute approximate surface area is 193 Å². The third-order valence-electron chi connectivity index (χ3n) is 6.01.